The number of benzene rings is 1. The monoisotopic (exact) mass is 383 g/mol. The third kappa shape index (κ3) is 3.21. The number of carbonyl (C=O) groups excluding carboxylic acids is 1. The van der Waals surface area contributed by atoms with Gasteiger partial charge in [-0.15, -0.1) is 0 Å². The molecule has 1 aliphatic heterocycles. The summed E-state index contributed by atoms with van der Waals surface area (Å²) in [5.41, 5.74) is 2.19. The SMILES string of the molecule is Cc1noc2nc(-c3ccc(F)cc3)cc(C(=O)N3CCC[C@H](C(=O)O)C3)c12. The lowest BCUT2D eigenvalue weighted by Crippen LogP contribution is -2.42. The van der Waals surface area contributed by atoms with Crippen molar-refractivity contribution < 1.29 is 23.6 Å². The molecule has 0 bridgehead atoms. The third-order valence-corrected chi connectivity index (χ3v) is 5.05. The van der Waals surface area contributed by atoms with Gasteiger partial charge in [-0.1, -0.05) is 5.16 Å². The maximum atomic E-state index is 13.3. The van der Waals surface area contributed by atoms with Gasteiger partial charge in [-0.2, -0.15) is 0 Å². The number of rotatable bonds is 3. The highest BCUT2D eigenvalue weighted by atomic mass is 19.1. The molecule has 144 valence electrons. The Morgan fingerprint density at radius 3 is 2.75 bits per heavy atom. The number of hydrogen-bond donors (Lipinski definition) is 1. The first-order valence-corrected chi connectivity index (χ1v) is 8.99. The maximum Gasteiger partial charge on any atom is 0.308 e. The number of nitrogens with zero attached hydrogens (tertiary/aromatic N) is 3. The Hall–Kier alpha value is -3.29. The van der Waals surface area contributed by atoms with E-state index in [1.54, 1.807) is 30.0 Å². The van der Waals surface area contributed by atoms with E-state index in [9.17, 15) is 19.1 Å². The van der Waals surface area contributed by atoms with Crippen molar-refractivity contribution in [3.8, 4) is 11.3 Å². The average Bonchev–Trinajstić information content (AvgIpc) is 3.08. The fourth-order valence-electron chi connectivity index (χ4n) is 3.57. The summed E-state index contributed by atoms with van der Waals surface area (Å²) in [6.07, 6.45) is 1.18. The summed E-state index contributed by atoms with van der Waals surface area (Å²) in [6, 6.07) is 7.41. The van der Waals surface area contributed by atoms with E-state index in [1.807, 2.05) is 0 Å². The topological polar surface area (TPSA) is 96.5 Å². The van der Waals surface area contributed by atoms with Crippen LogP contribution < -0.4 is 0 Å². The number of pyridine rings is 1. The molecule has 1 amide bonds. The molecule has 1 atom stereocenters. The van der Waals surface area contributed by atoms with Crippen LogP contribution in [0.15, 0.2) is 34.9 Å². The predicted octanol–water partition coefficient (Wildman–Crippen LogP) is 3.27. The number of amides is 1. The van der Waals surface area contributed by atoms with Gasteiger partial charge in [0.2, 0.25) is 0 Å². The van der Waals surface area contributed by atoms with Gasteiger partial charge in [0.05, 0.1) is 28.3 Å². The number of aromatic nitrogens is 2. The lowest BCUT2D eigenvalue weighted by atomic mass is 9.97. The Balaban J connectivity index is 1.78. The Morgan fingerprint density at radius 1 is 1.29 bits per heavy atom. The number of hydrogen-bond acceptors (Lipinski definition) is 5. The normalized spacial score (nSPS) is 17.1. The van der Waals surface area contributed by atoms with Crippen LogP contribution in [0, 0.1) is 18.7 Å². The molecule has 1 aliphatic rings. The molecule has 1 aromatic carbocycles. The van der Waals surface area contributed by atoms with Crippen molar-refractivity contribution in [2.75, 3.05) is 13.1 Å². The molecular weight excluding hydrogens is 365 g/mol. The van der Waals surface area contributed by atoms with E-state index in [0.717, 1.165) is 0 Å². The van der Waals surface area contributed by atoms with Gasteiger partial charge in [0.25, 0.3) is 11.6 Å². The molecule has 7 nitrogen and oxygen atoms in total. The second kappa shape index (κ2) is 7.03. The number of piperidine rings is 1. The molecule has 8 heteroatoms. The van der Waals surface area contributed by atoms with Crippen molar-refractivity contribution in [3.05, 3.63) is 47.4 Å². The Labute approximate surface area is 159 Å². The molecule has 4 rings (SSSR count). The predicted molar refractivity (Wildman–Crippen MR) is 98.2 cm³/mol. The van der Waals surface area contributed by atoms with E-state index in [2.05, 4.69) is 10.1 Å². The second-order valence-corrected chi connectivity index (χ2v) is 6.94. The highest BCUT2D eigenvalue weighted by molar-refractivity contribution is 6.07. The van der Waals surface area contributed by atoms with E-state index in [0.29, 0.717) is 47.3 Å². The molecule has 1 fully saturated rings. The quantitative estimate of drug-likeness (QED) is 0.746. The van der Waals surface area contributed by atoms with Crippen LogP contribution in [0.2, 0.25) is 0 Å². The van der Waals surface area contributed by atoms with Gasteiger partial charge in [0, 0.05) is 18.7 Å². The average molecular weight is 383 g/mol. The van der Waals surface area contributed by atoms with Crippen LogP contribution in [0.5, 0.6) is 0 Å². The fourth-order valence-corrected chi connectivity index (χ4v) is 3.57. The summed E-state index contributed by atoms with van der Waals surface area (Å²) >= 11 is 0. The molecule has 3 aromatic rings. The molecule has 0 radical (unpaired) electrons. The zero-order chi connectivity index (χ0) is 19.8. The molecule has 3 heterocycles. The Morgan fingerprint density at radius 2 is 2.04 bits per heavy atom. The first-order valence-electron chi connectivity index (χ1n) is 8.99. The van der Waals surface area contributed by atoms with Crippen LogP contribution in [0.1, 0.15) is 28.9 Å². The fraction of sp³-hybridized carbons (Fsp3) is 0.300. The molecular formula is C20H18FN3O4. The van der Waals surface area contributed by atoms with Gasteiger partial charge >= 0.3 is 5.97 Å². The Kier molecular flexibility index (Phi) is 4.54. The van der Waals surface area contributed by atoms with Gasteiger partial charge in [-0.3, -0.25) is 9.59 Å². The van der Waals surface area contributed by atoms with Crippen LogP contribution >= 0.6 is 0 Å². The number of carboxylic acids is 1. The second-order valence-electron chi connectivity index (χ2n) is 6.94. The van der Waals surface area contributed by atoms with Crippen LogP contribution in [0.3, 0.4) is 0 Å². The number of halogens is 1. The number of likely N-dealkylation sites (tertiary alicyclic amines) is 1. The molecule has 0 unspecified atom stereocenters. The summed E-state index contributed by atoms with van der Waals surface area (Å²) in [6.45, 7) is 2.37. The third-order valence-electron chi connectivity index (χ3n) is 5.05. The van der Waals surface area contributed by atoms with Crippen molar-refractivity contribution in [2.45, 2.75) is 19.8 Å². The van der Waals surface area contributed by atoms with Crippen molar-refractivity contribution in [1.29, 1.82) is 0 Å². The Bertz CT molecular complexity index is 1060. The van der Waals surface area contributed by atoms with Gasteiger partial charge in [0.15, 0.2) is 0 Å². The molecule has 0 aliphatic carbocycles. The van der Waals surface area contributed by atoms with Crippen LogP contribution in [-0.4, -0.2) is 45.1 Å². The van der Waals surface area contributed by atoms with Gasteiger partial charge < -0.3 is 14.5 Å². The van der Waals surface area contributed by atoms with Crippen molar-refractivity contribution in [2.24, 2.45) is 5.92 Å². The van der Waals surface area contributed by atoms with Crippen molar-refractivity contribution in [3.63, 3.8) is 0 Å². The van der Waals surface area contributed by atoms with Crippen molar-refractivity contribution >= 4 is 23.0 Å². The number of aryl methyl sites for hydroxylation is 1. The maximum absolute atomic E-state index is 13.3. The highest BCUT2D eigenvalue weighted by Crippen LogP contribution is 2.29. The van der Waals surface area contributed by atoms with E-state index in [4.69, 9.17) is 4.52 Å². The number of carbonyl (C=O) groups is 2. The zero-order valence-corrected chi connectivity index (χ0v) is 15.2. The molecule has 1 saturated heterocycles. The summed E-state index contributed by atoms with van der Waals surface area (Å²) < 4.78 is 18.5. The minimum absolute atomic E-state index is 0.161. The number of aliphatic carboxylic acids is 1. The lowest BCUT2D eigenvalue weighted by molar-refractivity contribution is -0.143. The lowest BCUT2D eigenvalue weighted by Gasteiger charge is -2.31. The molecule has 0 saturated carbocycles. The van der Waals surface area contributed by atoms with E-state index >= 15 is 0 Å². The number of carboxylic acid groups (broad SMARTS) is 1. The standard InChI is InChI=1S/C20H18FN3O4/c1-11-17-15(19(25)24-8-2-3-13(10-24)20(26)27)9-16(22-18(17)28-23-11)12-4-6-14(21)7-5-12/h4-7,9,13H,2-3,8,10H2,1H3,(H,26,27)/t13-/m0/s1. The first kappa shape index (κ1) is 18.1. The summed E-state index contributed by atoms with van der Waals surface area (Å²) in [4.78, 5) is 30.6. The molecule has 2 aromatic heterocycles. The van der Waals surface area contributed by atoms with Crippen LogP contribution in [0.4, 0.5) is 4.39 Å². The first-order chi connectivity index (χ1) is 13.4. The largest absolute Gasteiger partial charge is 0.481 e. The van der Waals surface area contributed by atoms with Crippen LogP contribution in [-0.2, 0) is 4.79 Å². The zero-order valence-electron chi connectivity index (χ0n) is 15.2. The number of fused-ring (bicyclic) bond motifs is 1. The smallest absolute Gasteiger partial charge is 0.308 e. The van der Waals surface area contributed by atoms with Crippen LogP contribution in [0.25, 0.3) is 22.4 Å². The van der Waals surface area contributed by atoms with E-state index in [1.165, 1.54) is 12.1 Å². The van der Waals surface area contributed by atoms with Gasteiger partial charge in [0.1, 0.15) is 5.82 Å². The minimum atomic E-state index is -0.898. The van der Waals surface area contributed by atoms with Crippen molar-refractivity contribution in [1.82, 2.24) is 15.0 Å². The summed E-state index contributed by atoms with van der Waals surface area (Å²) in [5, 5.41) is 13.7. The van der Waals surface area contributed by atoms with E-state index < -0.39 is 11.9 Å². The molecule has 1 N–H and O–H groups in total. The summed E-state index contributed by atoms with van der Waals surface area (Å²) in [5.74, 6) is -2.13. The van der Waals surface area contributed by atoms with Gasteiger partial charge in [-0.05, 0) is 50.1 Å². The highest BCUT2D eigenvalue weighted by Gasteiger charge is 2.30. The summed E-state index contributed by atoms with van der Waals surface area (Å²) in [7, 11) is 0. The van der Waals surface area contributed by atoms with Gasteiger partial charge in [-0.25, -0.2) is 9.37 Å². The minimum Gasteiger partial charge on any atom is -0.481 e. The molecule has 0 spiro atoms. The van der Waals surface area contributed by atoms with E-state index in [-0.39, 0.29) is 24.0 Å². The molecule has 28 heavy (non-hydrogen) atoms.